The van der Waals surface area contributed by atoms with Crippen LogP contribution < -0.4 is 4.72 Å². The number of aliphatic hydroxyl groups excluding tert-OH is 1. The average Bonchev–Trinajstić information content (AvgIpc) is 3.00. The van der Waals surface area contributed by atoms with Crippen LogP contribution in [0.5, 0.6) is 0 Å². The predicted molar refractivity (Wildman–Crippen MR) is 129 cm³/mol. The zero-order valence-electron chi connectivity index (χ0n) is 19.5. The fourth-order valence-electron chi connectivity index (χ4n) is 3.81. The van der Waals surface area contributed by atoms with Crippen molar-refractivity contribution in [1.29, 1.82) is 0 Å². The van der Waals surface area contributed by atoms with E-state index in [-0.39, 0.29) is 22.9 Å². The molecule has 0 aromatic heterocycles. The Balaban J connectivity index is 1.90. The minimum Gasteiger partial charge on any atom is -0.390 e. The molecular formula is C22H30N2O7S3. The molecule has 188 valence electrons. The van der Waals surface area contributed by atoms with Gasteiger partial charge in [0.05, 0.1) is 33.4 Å². The molecule has 0 aliphatic carbocycles. The van der Waals surface area contributed by atoms with Gasteiger partial charge in [0.25, 0.3) is 0 Å². The Kier molecular flexibility index (Phi) is 7.61. The number of sulfone groups is 1. The van der Waals surface area contributed by atoms with E-state index in [0.29, 0.717) is 0 Å². The molecule has 0 spiro atoms. The molecule has 0 bridgehead atoms. The molecule has 0 amide bonds. The number of sulfonamides is 2. The first-order chi connectivity index (χ1) is 15.6. The smallest absolute Gasteiger partial charge is 0.243 e. The van der Waals surface area contributed by atoms with E-state index in [1.54, 1.807) is 26.0 Å². The zero-order valence-corrected chi connectivity index (χ0v) is 22.0. The summed E-state index contributed by atoms with van der Waals surface area (Å²) < 4.78 is 80.0. The molecule has 9 nitrogen and oxygen atoms in total. The third-order valence-electron chi connectivity index (χ3n) is 6.16. The molecule has 0 saturated carbocycles. The highest BCUT2D eigenvalue weighted by Crippen LogP contribution is 2.26. The van der Waals surface area contributed by atoms with Gasteiger partial charge in [-0.2, -0.15) is 4.31 Å². The monoisotopic (exact) mass is 530 g/mol. The van der Waals surface area contributed by atoms with Crippen molar-refractivity contribution in [2.24, 2.45) is 0 Å². The molecular weight excluding hydrogens is 500 g/mol. The van der Waals surface area contributed by atoms with Crippen LogP contribution in [0.1, 0.15) is 22.3 Å². The molecule has 0 unspecified atom stereocenters. The van der Waals surface area contributed by atoms with Gasteiger partial charge in [0, 0.05) is 13.1 Å². The number of hydrogen-bond acceptors (Lipinski definition) is 7. The highest BCUT2D eigenvalue weighted by atomic mass is 32.2. The van der Waals surface area contributed by atoms with E-state index in [0.717, 1.165) is 26.6 Å². The van der Waals surface area contributed by atoms with Crippen LogP contribution in [0.3, 0.4) is 0 Å². The van der Waals surface area contributed by atoms with Crippen LogP contribution in [0.4, 0.5) is 0 Å². The molecule has 0 radical (unpaired) electrons. The van der Waals surface area contributed by atoms with E-state index < -0.39 is 53.5 Å². The largest absolute Gasteiger partial charge is 0.390 e. The predicted octanol–water partition coefficient (Wildman–Crippen LogP) is 1.05. The Labute approximate surface area is 201 Å². The Morgan fingerprint density at radius 2 is 1.41 bits per heavy atom. The van der Waals surface area contributed by atoms with Crippen molar-refractivity contribution in [3.63, 3.8) is 0 Å². The summed E-state index contributed by atoms with van der Waals surface area (Å²) in [6.45, 7) is 6.58. The van der Waals surface area contributed by atoms with Crippen LogP contribution in [0.15, 0.2) is 46.2 Å². The number of nitrogens with zero attached hydrogens (tertiary/aromatic N) is 1. The second-order valence-electron chi connectivity index (χ2n) is 8.72. The highest BCUT2D eigenvalue weighted by molar-refractivity contribution is 7.92. The summed E-state index contributed by atoms with van der Waals surface area (Å²) in [5, 5.41) is 10.4. The summed E-state index contributed by atoms with van der Waals surface area (Å²) >= 11 is 0. The van der Waals surface area contributed by atoms with Crippen molar-refractivity contribution in [3.8, 4) is 0 Å². The van der Waals surface area contributed by atoms with Crippen molar-refractivity contribution < 1.29 is 30.4 Å². The number of aliphatic hydroxyl groups is 1. The molecule has 2 N–H and O–H groups in total. The minimum absolute atomic E-state index is 0.0441. The maximum Gasteiger partial charge on any atom is 0.243 e. The lowest BCUT2D eigenvalue weighted by Gasteiger charge is -2.29. The second-order valence-corrected chi connectivity index (χ2v) is 14.5. The first-order valence-corrected chi connectivity index (χ1v) is 15.4. The Hall–Kier alpha value is -1.83. The molecule has 1 saturated heterocycles. The Morgan fingerprint density at radius 3 is 1.91 bits per heavy atom. The molecule has 1 heterocycles. The van der Waals surface area contributed by atoms with Gasteiger partial charge < -0.3 is 5.11 Å². The SMILES string of the molecule is Cc1ccc(S(=O)(=O)NCCN([C@H]2CS(=O)(=O)C[C@@H]2O)S(=O)(=O)c2ccc(C)c(C)c2)cc1C. The average molecular weight is 531 g/mol. The van der Waals surface area contributed by atoms with Crippen LogP contribution in [0.25, 0.3) is 0 Å². The lowest BCUT2D eigenvalue weighted by molar-refractivity contribution is 0.128. The third kappa shape index (κ3) is 5.69. The van der Waals surface area contributed by atoms with Gasteiger partial charge in [0.2, 0.25) is 20.0 Å². The minimum atomic E-state index is -4.23. The fraction of sp³-hybridized carbons (Fsp3) is 0.455. The normalized spacial score (nSPS) is 20.6. The third-order valence-corrected chi connectivity index (χ3v) is 11.2. The quantitative estimate of drug-likeness (QED) is 0.520. The van der Waals surface area contributed by atoms with Crippen LogP contribution in [0.2, 0.25) is 0 Å². The van der Waals surface area contributed by atoms with E-state index in [9.17, 15) is 30.4 Å². The summed E-state index contributed by atoms with van der Waals surface area (Å²) in [5.74, 6) is -1.09. The number of nitrogens with one attached hydrogen (secondary N) is 1. The second kappa shape index (κ2) is 9.67. The van der Waals surface area contributed by atoms with Gasteiger partial charge in [-0.05, 0) is 74.2 Å². The van der Waals surface area contributed by atoms with Gasteiger partial charge in [-0.3, -0.25) is 0 Å². The number of hydrogen-bond donors (Lipinski definition) is 2. The van der Waals surface area contributed by atoms with Crippen LogP contribution in [-0.2, 0) is 29.9 Å². The van der Waals surface area contributed by atoms with Crippen LogP contribution >= 0.6 is 0 Å². The molecule has 12 heteroatoms. The van der Waals surface area contributed by atoms with E-state index in [1.165, 1.54) is 24.3 Å². The maximum atomic E-state index is 13.5. The summed E-state index contributed by atoms with van der Waals surface area (Å²) in [6, 6.07) is 7.98. The molecule has 1 aliphatic rings. The van der Waals surface area contributed by atoms with Crippen molar-refractivity contribution in [2.45, 2.75) is 49.6 Å². The van der Waals surface area contributed by atoms with Gasteiger partial charge in [-0.25, -0.2) is 30.0 Å². The fourth-order valence-corrected chi connectivity index (χ4v) is 8.56. The lowest BCUT2D eigenvalue weighted by Crippen LogP contribution is -2.49. The molecule has 2 aromatic rings. The zero-order chi connectivity index (χ0) is 25.5. The van der Waals surface area contributed by atoms with Gasteiger partial charge in [-0.15, -0.1) is 0 Å². The lowest BCUT2D eigenvalue weighted by atomic mass is 10.1. The van der Waals surface area contributed by atoms with Crippen molar-refractivity contribution in [1.82, 2.24) is 9.03 Å². The standard InChI is InChI=1S/C22H30N2O7S3/c1-15-5-7-19(11-17(15)3)33(28,29)23-9-10-24(21-13-32(26,27)14-22(21)25)34(30,31)20-8-6-16(2)18(4)12-20/h5-8,11-12,21-23,25H,9-10,13-14H2,1-4H3/t21-,22-/m0/s1. The van der Waals surface area contributed by atoms with Crippen molar-refractivity contribution in [3.05, 3.63) is 58.7 Å². The maximum absolute atomic E-state index is 13.5. The Bertz CT molecular complexity index is 1400. The molecule has 3 rings (SSSR count). The number of aryl methyl sites for hydroxylation is 4. The summed E-state index contributed by atoms with van der Waals surface area (Å²) in [7, 11) is -11.8. The topological polar surface area (TPSA) is 138 Å². The molecule has 1 aliphatic heterocycles. The van der Waals surface area contributed by atoms with E-state index in [4.69, 9.17) is 0 Å². The van der Waals surface area contributed by atoms with E-state index in [1.807, 2.05) is 13.8 Å². The summed E-state index contributed by atoms with van der Waals surface area (Å²) in [5.41, 5.74) is 3.34. The molecule has 2 atom stereocenters. The number of rotatable bonds is 8. The number of benzene rings is 2. The molecule has 2 aromatic carbocycles. The van der Waals surface area contributed by atoms with Crippen LogP contribution in [-0.4, -0.2) is 71.4 Å². The van der Waals surface area contributed by atoms with Crippen LogP contribution in [0, 0.1) is 27.7 Å². The van der Waals surface area contributed by atoms with Crippen molar-refractivity contribution in [2.75, 3.05) is 24.6 Å². The first-order valence-electron chi connectivity index (χ1n) is 10.7. The van der Waals surface area contributed by atoms with Gasteiger partial charge in [-0.1, -0.05) is 12.1 Å². The van der Waals surface area contributed by atoms with Crippen molar-refractivity contribution >= 4 is 29.9 Å². The van der Waals surface area contributed by atoms with Gasteiger partial charge in [0.1, 0.15) is 0 Å². The summed E-state index contributed by atoms with van der Waals surface area (Å²) in [6.07, 6.45) is -1.41. The van der Waals surface area contributed by atoms with E-state index in [2.05, 4.69) is 4.72 Å². The van der Waals surface area contributed by atoms with Gasteiger partial charge in [0.15, 0.2) is 9.84 Å². The summed E-state index contributed by atoms with van der Waals surface area (Å²) in [4.78, 5) is -0.00763. The molecule has 1 fully saturated rings. The van der Waals surface area contributed by atoms with E-state index >= 15 is 0 Å². The van der Waals surface area contributed by atoms with Gasteiger partial charge >= 0.3 is 0 Å². The molecule has 34 heavy (non-hydrogen) atoms. The Morgan fingerprint density at radius 1 is 0.882 bits per heavy atom. The first kappa shape index (κ1) is 26.8. The highest BCUT2D eigenvalue weighted by Gasteiger charge is 2.44.